The molecule has 2 N–H and O–H groups in total. The summed E-state index contributed by atoms with van der Waals surface area (Å²) >= 11 is 0. The quantitative estimate of drug-likeness (QED) is 0.890. The largest absolute Gasteiger partial charge is 0.368 e. The van der Waals surface area contributed by atoms with Gasteiger partial charge in [0.1, 0.15) is 6.04 Å². The van der Waals surface area contributed by atoms with Crippen molar-refractivity contribution in [2.24, 2.45) is 5.73 Å². The summed E-state index contributed by atoms with van der Waals surface area (Å²) in [5.41, 5.74) is 7.11. The lowest BCUT2D eigenvalue weighted by atomic mass is 9.94. The molecule has 0 spiro atoms. The van der Waals surface area contributed by atoms with E-state index in [0.717, 1.165) is 5.56 Å². The maximum atomic E-state index is 12.3. The number of primary amides is 1. The van der Waals surface area contributed by atoms with Crippen molar-refractivity contribution in [1.82, 2.24) is 4.31 Å². The van der Waals surface area contributed by atoms with Gasteiger partial charge in [-0.1, -0.05) is 24.3 Å². The van der Waals surface area contributed by atoms with E-state index in [-0.39, 0.29) is 0 Å². The minimum Gasteiger partial charge on any atom is -0.368 e. The van der Waals surface area contributed by atoms with E-state index in [1.807, 2.05) is 12.1 Å². The van der Waals surface area contributed by atoms with E-state index in [0.29, 0.717) is 18.5 Å². The van der Waals surface area contributed by atoms with Crippen LogP contribution >= 0.6 is 0 Å². The maximum Gasteiger partial charge on any atom is 0.240 e. The number of fused-ring (bicyclic) bond motifs is 1. The number of hydrogen-bond acceptors (Lipinski definition) is 3. The number of nitrogens with two attached hydrogens (primary N) is 1. The Bertz CT molecular complexity index is 596. The third-order valence-corrected chi connectivity index (χ3v) is 5.67. The highest BCUT2D eigenvalue weighted by molar-refractivity contribution is 7.89. The van der Waals surface area contributed by atoms with E-state index in [1.54, 1.807) is 26.0 Å². The Morgan fingerprint density at radius 2 is 2.00 bits per heavy atom. The molecule has 1 heterocycles. The molecule has 1 atom stereocenters. The first-order chi connectivity index (χ1) is 8.85. The Balaban J connectivity index is 2.53. The lowest BCUT2D eigenvalue weighted by Gasteiger charge is -2.35. The predicted octanol–water partition coefficient (Wildman–Crippen LogP) is 0.809. The van der Waals surface area contributed by atoms with Crippen molar-refractivity contribution in [3.63, 3.8) is 0 Å². The number of nitrogens with zero attached hydrogens (tertiary/aromatic N) is 1. The molecule has 0 bridgehead atoms. The molecule has 1 aliphatic rings. The number of hydrogen-bond donors (Lipinski definition) is 1. The zero-order valence-corrected chi connectivity index (χ0v) is 11.9. The summed E-state index contributed by atoms with van der Waals surface area (Å²) in [5.74, 6) is -0.628. The number of sulfonamides is 1. The van der Waals surface area contributed by atoms with Crippen LogP contribution in [0.15, 0.2) is 24.3 Å². The summed E-state index contributed by atoms with van der Waals surface area (Å²) in [7, 11) is -3.50. The maximum absolute atomic E-state index is 12.3. The molecule has 1 aromatic carbocycles. The molecule has 0 saturated carbocycles. The van der Waals surface area contributed by atoms with Crippen LogP contribution in [-0.2, 0) is 21.2 Å². The Labute approximate surface area is 113 Å². The Kier molecular flexibility index (Phi) is 3.64. The number of carbonyl (C=O) groups excluding carboxylic acids is 1. The second-order valence-corrected chi connectivity index (χ2v) is 7.40. The highest BCUT2D eigenvalue weighted by Gasteiger charge is 2.39. The molecule has 1 unspecified atom stereocenters. The lowest BCUT2D eigenvalue weighted by Crippen LogP contribution is -2.47. The number of amides is 1. The van der Waals surface area contributed by atoms with Gasteiger partial charge in [0, 0.05) is 6.54 Å². The molecule has 6 heteroatoms. The zero-order chi connectivity index (χ0) is 14.2. The van der Waals surface area contributed by atoms with Crippen molar-refractivity contribution < 1.29 is 13.2 Å². The van der Waals surface area contributed by atoms with Crippen molar-refractivity contribution in [3.05, 3.63) is 35.4 Å². The molecule has 1 aliphatic heterocycles. The first kappa shape index (κ1) is 14.0. The average molecular weight is 282 g/mol. The van der Waals surface area contributed by atoms with Gasteiger partial charge in [-0.05, 0) is 31.4 Å². The van der Waals surface area contributed by atoms with Gasteiger partial charge in [-0.25, -0.2) is 8.42 Å². The van der Waals surface area contributed by atoms with Gasteiger partial charge >= 0.3 is 0 Å². The monoisotopic (exact) mass is 282 g/mol. The highest BCUT2D eigenvalue weighted by Crippen LogP contribution is 2.32. The number of rotatable bonds is 3. The molecule has 0 radical (unpaired) electrons. The molecule has 19 heavy (non-hydrogen) atoms. The van der Waals surface area contributed by atoms with Gasteiger partial charge in [0.15, 0.2) is 0 Å². The van der Waals surface area contributed by atoms with Crippen molar-refractivity contribution in [2.75, 3.05) is 6.54 Å². The summed E-state index contributed by atoms with van der Waals surface area (Å²) in [4.78, 5) is 11.7. The van der Waals surface area contributed by atoms with Gasteiger partial charge < -0.3 is 5.73 Å². The highest BCUT2D eigenvalue weighted by atomic mass is 32.2. The lowest BCUT2D eigenvalue weighted by molar-refractivity contribution is -0.122. The van der Waals surface area contributed by atoms with Crippen LogP contribution < -0.4 is 5.73 Å². The van der Waals surface area contributed by atoms with E-state index in [9.17, 15) is 13.2 Å². The van der Waals surface area contributed by atoms with Crippen molar-refractivity contribution in [3.8, 4) is 0 Å². The van der Waals surface area contributed by atoms with Gasteiger partial charge in [-0.2, -0.15) is 4.31 Å². The third-order valence-electron chi connectivity index (χ3n) is 3.43. The SMILES string of the molecule is CC(C)S(=O)(=O)N1CCc2ccccc2C1C(N)=O. The molecular formula is C13H18N2O3S. The normalized spacial score (nSPS) is 20.3. The zero-order valence-electron chi connectivity index (χ0n) is 11.0. The smallest absolute Gasteiger partial charge is 0.240 e. The summed E-state index contributed by atoms with van der Waals surface area (Å²) < 4.78 is 25.9. The van der Waals surface area contributed by atoms with E-state index >= 15 is 0 Å². The third kappa shape index (κ3) is 2.37. The van der Waals surface area contributed by atoms with Gasteiger partial charge in [0.05, 0.1) is 5.25 Å². The van der Waals surface area contributed by atoms with Crippen LogP contribution in [0.25, 0.3) is 0 Å². The van der Waals surface area contributed by atoms with Gasteiger partial charge in [-0.3, -0.25) is 4.79 Å². The molecule has 104 valence electrons. The molecule has 0 aliphatic carbocycles. The van der Waals surface area contributed by atoms with E-state index in [1.165, 1.54) is 4.31 Å². The predicted molar refractivity (Wildman–Crippen MR) is 72.8 cm³/mol. The first-order valence-corrected chi connectivity index (χ1v) is 7.74. The Morgan fingerprint density at radius 3 is 2.58 bits per heavy atom. The fraction of sp³-hybridized carbons (Fsp3) is 0.462. The van der Waals surface area contributed by atoms with Crippen LogP contribution in [0.2, 0.25) is 0 Å². The number of benzene rings is 1. The van der Waals surface area contributed by atoms with Crippen LogP contribution in [0.5, 0.6) is 0 Å². The van der Waals surface area contributed by atoms with E-state index in [4.69, 9.17) is 5.73 Å². The van der Waals surface area contributed by atoms with E-state index < -0.39 is 27.2 Å². The molecule has 5 nitrogen and oxygen atoms in total. The van der Waals surface area contributed by atoms with Crippen molar-refractivity contribution >= 4 is 15.9 Å². The molecular weight excluding hydrogens is 264 g/mol. The minimum absolute atomic E-state index is 0.297. The van der Waals surface area contributed by atoms with Crippen LogP contribution in [0, 0.1) is 0 Å². The van der Waals surface area contributed by atoms with Crippen molar-refractivity contribution in [2.45, 2.75) is 31.6 Å². The average Bonchev–Trinajstić information content (AvgIpc) is 2.36. The van der Waals surface area contributed by atoms with Crippen molar-refractivity contribution in [1.29, 1.82) is 0 Å². The van der Waals surface area contributed by atoms with E-state index in [2.05, 4.69) is 0 Å². The summed E-state index contributed by atoms with van der Waals surface area (Å²) in [6.45, 7) is 3.51. The summed E-state index contributed by atoms with van der Waals surface area (Å²) in [6, 6.07) is 6.46. The molecule has 1 aromatic rings. The minimum atomic E-state index is -3.50. The molecule has 0 saturated heterocycles. The molecule has 0 aromatic heterocycles. The Morgan fingerprint density at radius 1 is 1.37 bits per heavy atom. The second-order valence-electron chi connectivity index (χ2n) is 4.96. The van der Waals surface area contributed by atoms with Crippen LogP contribution in [0.1, 0.15) is 31.0 Å². The van der Waals surface area contributed by atoms with Crippen LogP contribution in [0.3, 0.4) is 0 Å². The second kappa shape index (κ2) is 4.94. The summed E-state index contributed by atoms with van der Waals surface area (Å²) in [5, 5.41) is -0.570. The van der Waals surface area contributed by atoms with Gasteiger partial charge in [0.2, 0.25) is 15.9 Å². The molecule has 0 fully saturated rings. The molecule has 1 amide bonds. The number of carbonyl (C=O) groups is 1. The first-order valence-electron chi connectivity index (χ1n) is 6.23. The van der Waals surface area contributed by atoms with Gasteiger partial charge in [0.25, 0.3) is 0 Å². The van der Waals surface area contributed by atoms with Crippen LogP contribution in [0.4, 0.5) is 0 Å². The van der Waals surface area contributed by atoms with Gasteiger partial charge in [-0.15, -0.1) is 0 Å². The fourth-order valence-corrected chi connectivity index (χ4v) is 3.78. The van der Waals surface area contributed by atoms with Crippen LogP contribution in [-0.4, -0.2) is 30.4 Å². The Hall–Kier alpha value is -1.40. The topological polar surface area (TPSA) is 80.5 Å². The summed E-state index contributed by atoms with van der Waals surface area (Å²) in [6.07, 6.45) is 0.603. The molecule has 2 rings (SSSR count). The standard InChI is InChI=1S/C13H18N2O3S/c1-9(2)19(17,18)15-8-7-10-5-3-4-6-11(10)12(15)13(14)16/h3-6,9,12H,7-8H2,1-2H3,(H2,14,16). The fourth-order valence-electron chi connectivity index (χ4n) is 2.38.